The van der Waals surface area contributed by atoms with Crippen molar-refractivity contribution in [2.24, 2.45) is 93.5 Å². The lowest BCUT2D eigenvalue weighted by molar-refractivity contribution is -0.283. The molecule has 0 aromatic carbocycles. The van der Waals surface area contributed by atoms with Crippen molar-refractivity contribution in [2.45, 2.75) is 265 Å². The number of allylic oxidation sites excluding steroid dienone is 7. The highest BCUT2D eigenvalue weighted by molar-refractivity contribution is 6.00. The van der Waals surface area contributed by atoms with Crippen molar-refractivity contribution >= 4 is 5.78 Å². The van der Waals surface area contributed by atoms with Crippen molar-refractivity contribution in [1.82, 2.24) is 10.6 Å². The van der Waals surface area contributed by atoms with Gasteiger partial charge in [0.25, 0.3) is 0 Å². The van der Waals surface area contributed by atoms with Crippen molar-refractivity contribution < 1.29 is 60.2 Å². The number of aliphatic hydroxyl groups is 9. The van der Waals surface area contributed by atoms with Gasteiger partial charge in [0.05, 0.1) is 77.5 Å². The van der Waals surface area contributed by atoms with E-state index in [-0.39, 0.29) is 98.7 Å². The number of fused-ring (bicyclic) bond motifs is 8. The summed E-state index contributed by atoms with van der Waals surface area (Å²) in [6.07, 6.45) is 23.2. The number of ether oxygens (including phenoxy) is 2. The molecule has 87 heavy (non-hydrogen) atoms. The van der Waals surface area contributed by atoms with Crippen LogP contribution in [0.4, 0.5) is 0 Å². The van der Waals surface area contributed by atoms with Crippen LogP contribution >= 0.6 is 0 Å². The molecular weight excluding hydrogens is 1100 g/mol. The van der Waals surface area contributed by atoms with Gasteiger partial charge in [0, 0.05) is 53.9 Å². The Labute approximate surface area is 515 Å². The Morgan fingerprint density at radius 3 is 2.52 bits per heavy atom. The van der Waals surface area contributed by atoms with Crippen LogP contribution in [0.2, 0.25) is 0 Å². The normalized spacial score (nSPS) is 51.3. The monoisotopic (exact) mass is 1200 g/mol. The van der Waals surface area contributed by atoms with Gasteiger partial charge in [-0.05, 0) is 236 Å². The Bertz CT molecular complexity index is 2920. The number of ketones is 1. The van der Waals surface area contributed by atoms with Crippen LogP contribution in [-0.2, 0) is 14.3 Å². The first-order valence-corrected chi connectivity index (χ1v) is 35.3. The van der Waals surface area contributed by atoms with E-state index in [0.29, 0.717) is 74.7 Å². The van der Waals surface area contributed by atoms with Gasteiger partial charge in [-0.3, -0.25) is 4.79 Å². The zero-order valence-corrected chi connectivity index (χ0v) is 52.2. The molecule has 10 fully saturated rings. The van der Waals surface area contributed by atoms with E-state index in [4.69, 9.17) is 15.2 Å². The molecule has 0 radical (unpaired) electrons. The van der Waals surface area contributed by atoms with E-state index in [1.165, 1.54) is 23.1 Å². The number of nitrogens with one attached hydrogen (secondary N) is 2. The van der Waals surface area contributed by atoms with Gasteiger partial charge in [0.15, 0.2) is 5.78 Å². The van der Waals surface area contributed by atoms with Crippen LogP contribution in [-0.4, -0.2) is 142 Å². The van der Waals surface area contributed by atoms with Gasteiger partial charge in [-0.25, -0.2) is 0 Å². The molecule has 15 nitrogen and oxygen atoms in total. The lowest BCUT2D eigenvalue weighted by Crippen LogP contribution is -2.76. The fourth-order valence-corrected chi connectivity index (χ4v) is 25.1. The first kappa shape index (κ1) is 60.5. The van der Waals surface area contributed by atoms with Crippen LogP contribution in [0, 0.1) is 87.8 Å². The van der Waals surface area contributed by atoms with Crippen molar-refractivity contribution in [2.75, 3.05) is 13.2 Å². The first-order chi connectivity index (χ1) is 41.7. The number of hydrogen-bond acceptors (Lipinski definition) is 15. The Hall–Kier alpha value is -2.77. The highest BCUT2D eigenvalue weighted by Crippen LogP contribution is 2.80. The maximum Gasteiger partial charge on any atom is 0.182 e. The zero-order chi connectivity index (χ0) is 60.5. The molecule has 0 aromatic heterocycles. The van der Waals surface area contributed by atoms with E-state index >= 15 is 15.0 Å². The van der Waals surface area contributed by atoms with E-state index in [1.54, 1.807) is 13.8 Å². The largest absolute Gasteiger partial charge is 0.396 e. The molecule has 12 aliphatic carbocycles. The fraction of sp³-hybridized carbons (Fsp3) is 0.819. The lowest BCUT2D eigenvalue weighted by atomic mass is 9.33. The molecule has 8 saturated carbocycles. The summed E-state index contributed by atoms with van der Waals surface area (Å²) in [6.45, 7) is 5.65. The molecule has 2 saturated heterocycles. The van der Waals surface area contributed by atoms with E-state index < -0.39 is 105 Å². The van der Waals surface area contributed by atoms with E-state index in [9.17, 15) is 35.7 Å². The number of hydrogen-bond donors (Lipinski definition) is 12. The highest BCUT2D eigenvalue weighted by atomic mass is 16.5. The van der Waals surface area contributed by atoms with Gasteiger partial charge in [-0.15, -0.1) is 0 Å². The number of carbonyl (C=O) groups is 1. The van der Waals surface area contributed by atoms with Crippen molar-refractivity contribution in [3.63, 3.8) is 0 Å². The molecule has 2 bridgehead atoms. The molecular formula is C72H105N3O12. The molecule has 1 spiro atoms. The maximum absolute atomic E-state index is 16.8. The lowest BCUT2D eigenvalue weighted by Gasteiger charge is -2.72. The Morgan fingerprint density at radius 2 is 1.71 bits per heavy atom. The summed E-state index contributed by atoms with van der Waals surface area (Å²) in [5.41, 5.74) is 3.22. The van der Waals surface area contributed by atoms with E-state index in [2.05, 4.69) is 35.8 Å². The molecule has 480 valence electrons. The minimum Gasteiger partial charge on any atom is -0.396 e. The fourth-order valence-electron chi connectivity index (χ4n) is 25.1. The smallest absolute Gasteiger partial charge is 0.182 e. The van der Waals surface area contributed by atoms with Gasteiger partial charge >= 0.3 is 0 Å². The minimum absolute atomic E-state index is 0.000173. The summed E-state index contributed by atoms with van der Waals surface area (Å²) in [4.78, 5) is 16.8. The number of carbonyl (C=O) groups excluding carboxylic acids is 1. The second-order valence-corrected chi connectivity index (χ2v) is 32.1. The van der Waals surface area contributed by atoms with Gasteiger partial charge in [-0.2, -0.15) is 0 Å². The third kappa shape index (κ3) is 8.70. The van der Waals surface area contributed by atoms with Crippen LogP contribution in [0.15, 0.2) is 69.6 Å². The van der Waals surface area contributed by atoms with Gasteiger partial charge in [0.2, 0.25) is 0 Å². The van der Waals surface area contributed by atoms with E-state index in [1.807, 2.05) is 12.2 Å². The third-order valence-electron chi connectivity index (χ3n) is 28.3. The number of Topliss-reactive ketones (excluding diaryl/α,β-unsaturated/α-hetero) is 1. The number of aliphatic hydroxyl groups excluding tert-OH is 5. The molecule has 3 heterocycles. The summed E-state index contributed by atoms with van der Waals surface area (Å²) in [6, 6.07) is 0. The first-order valence-electron chi connectivity index (χ1n) is 35.3. The molecule has 15 rings (SSSR count). The summed E-state index contributed by atoms with van der Waals surface area (Å²) < 4.78 is 14.5. The van der Waals surface area contributed by atoms with E-state index in [0.717, 1.165) is 88.3 Å². The van der Waals surface area contributed by atoms with Gasteiger partial charge < -0.3 is 71.8 Å². The zero-order valence-electron chi connectivity index (χ0n) is 52.2. The summed E-state index contributed by atoms with van der Waals surface area (Å²) in [5, 5.41) is 126. The van der Waals surface area contributed by atoms with Crippen molar-refractivity contribution in [3.8, 4) is 0 Å². The Kier molecular flexibility index (Phi) is 15.2. The van der Waals surface area contributed by atoms with Crippen molar-refractivity contribution in [3.05, 3.63) is 69.6 Å². The third-order valence-corrected chi connectivity index (χ3v) is 28.3. The number of dihydropyridines is 1. The second-order valence-electron chi connectivity index (χ2n) is 32.1. The molecule has 1 unspecified atom stereocenters. The molecule has 3 aliphatic heterocycles. The topological polar surface area (TPSA) is 268 Å². The van der Waals surface area contributed by atoms with Gasteiger partial charge in [-0.1, -0.05) is 62.5 Å². The van der Waals surface area contributed by atoms with Crippen LogP contribution in [0.25, 0.3) is 0 Å². The predicted octanol–water partition coefficient (Wildman–Crippen LogP) is 7.12. The average Bonchev–Trinajstić information content (AvgIpc) is 1.63. The minimum atomic E-state index is -1.98. The second kappa shape index (κ2) is 21.9. The van der Waals surface area contributed by atoms with Crippen LogP contribution in [0.5, 0.6) is 0 Å². The van der Waals surface area contributed by atoms with Crippen LogP contribution < -0.4 is 16.4 Å². The summed E-state index contributed by atoms with van der Waals surface area (Å²) in [7, 11) is 0. The Morgan fingerprint density at radius 1 is 0.897 bits per heavy atom. The highest BCUT2D eigenvalue weighted by Gasteiger charge is 2.82. The molecule has 28 atom stereocenters. The Balaban J connectivity index is 0.930. The van der Waals surface area contributed by atoms with Gasteiger partial charge in [0.1, 0.15) is 5.60 Å². The SMILES string of the molecule is CCC[C@@H]1CC[C@H]2[C@H]3[C@@H](O[C@@H]2CC1)[C@@](O)([C@](C)(O)[C@H]1CC[C@@]2(O)C4=C(NC[C@H](C)O)C(=O)[C@@H]5[C@H]6CC[C@@H]7[C@@H](C8=C(CCCO)NC(N)C=C8)C=C[C@@](O)(C[C@]12[C@H]1CC[C@H]2C[C@@H]8O[C@@H]9CCC[C@@H]9C9=CCC(=C98)C[C@@H]2C1)[C@@H]4[C@]75C[C@H](O)[C@@H]6O)CCC[C@@H]3O. The summed E-state index contributed by atoms with van der Waals surface area (Å²) >= 11 is 0. The maximum atomic E-state index is 16.8. The van der Waals surface area contributed by atoms with Crippen LogP contribution in [0.3, 0.4) is 0 Å². The molecule has 0 aromatic rings. The average molecular weight is 1200 g/mol. The number of rotatable bonds is 12. The standard InChI is InChI=1S/C72H105N3O12/c1-4-8-38-13-18-47-54(23-14-38)87-66-59(47)51(78)11-6-27-72(66,85)67(3,82)56-26-29-71(84)61-62(74-35-37(2)77)64(81)60-48-20-22-49-43(44-21-24-57(73)75-50(44)10-7-30-76)25-28-68(83,65(61)69(49,60)34-52(79)63(48)80)36-70(56,71)42-17-15-39-33-55-58-40(31-41(39)32-42)16-19-46(58)45-9-5-12-53(45)86-55/h19,21,24-25,28,37-39,41-43,45,47-49,51-57,59-60,63,65-66,74-80,82-85H,4-18,20,22-23,26-27,29-36,73H2,1-3H3/t37-,38+,39-,41+,42-,43+,45+,47+,48+,49+,51-,52-,53+,54+,55-,56+,57?,59+,60-,63+,65+,66+,67+,68+,69+,70-,71+,72+/m0/s1. The molecule has 0 amide bonds. The van der Waals surface area contributed by atoms with Crippen LogP contribution in [0.1, 0.15) is 188 Å². The number of nitrogens with two attached hydrogens (primary N) is 1. The molecule has 15 aliphatic rings. The molecule has 15 heteroatoms. The quantitative estimate of drug-likeness (QED) is 0.0868. The summed E-state index contributed by atoms with van der Waals surface area (Å²) in [5.74, 6) is -3.63. The predicted molar refractivity (Wildman–Crippen MR) is 327 cm³/mol. The van der Waals surface area contributed by atoms with Crippen molar-refractivity contribution in [1.29, 1.82) is 0 Å². The molecule has 13 N–H and O–H groups in total.